The van der Waals surface area contributed by atoms with E-state index in [1.54, 1.807) is 6.20 Å². The fourth-order valence-corrected chi connectivity index (χ4v) is 2.40. The molecule has 0 aliphatic carbocycles. The molecular formula is C15H19NO. The Morgan fingerprint density at radius 1 is 1.18 bits per heavy atom. The summed E-state index contributed by atoms with van der Waals surface area (Å²) in [4.78, 5) is 4.42. The first-order valence-electron chi connectivity index (χ1n) is 6.28. The van der Waals surface area contributed by atoms with Gasteiger partial charge in [-0.05, 0) is 18.9 Å². The second kappa shape index (κ2) is 4.84. The van der Waals surface area contributed by atoms with Gasteiger partial charge >= 0.3 is 0 Å². The zero-order valence-electron chi connectivity index (χ0n) is 10.5. The van der Waals surface area contributed by atoms with Crippen LogP contribution in [0.15, 0.2) is 36.5 Å². The maximum Gasteiger partial charge on any atom is 0.0914 e. The molecule has 1 heterocycles. The van der Waals surface area contributed by atoms with Gasteiger partial charge in [0.05, 0.1) is 11.1 Å². The molecule has 1 atom stereocenters. The van der Waals surface area contributed by atoms with Crippen molar-refractivity contribution in [2.75, 3.05) is 0 Å². The second-order valence-corrected chi connectivity index (χ2v) is 4.52. The average molecular weight is 229 g/mol. The Balaban J connectivity index is 2.61. The first kappa shape index (κ1) is 12.1. The molecule has 2 aromatic rings. The van der Waals surface area contributed by atoms with Crippen LogP contribution in [0.2, 0.25) is 0 Å². The van der Waals surface area contributed by atoms with E-state index in [1.165, 1.54) is 0 Å². The highest BCUT2D eigenvalue weighted by Gasteiger charge is 2.28. The van der Waals surface area contributed by atoms with E-state index in [0.717, 1.165) is 35.7 Å². The van der Waals surface area contributed by atoms with E-state index in [9.17, 15) is 5.11 Å². The molecule has 2 heteroatoms. The summed E-state index contributed by atoms with van der Waals surface area (Å²) in [6, 6.07) is 9.99. The van der Waals surface area contributed by atoms with Crippen LogP contribution in [0.4, 0.5) is 0 Å². The maximum atomic E-state index is 10.7. The number of rotatable bonds is 4. The van der Waals surface area contributed by atoms with Crippen molar-refractivity contribution in [3.05, 3.63) is 42.1 Å². The van der Waals surface area contributed by atoms with Crippen LogP contribution in [0.25, 0.3) is 10.9 Å². The van der Waals surface area contributed by atoms with Crippen molar-refractivity contribution in [3.63, 3.8) is 0 Å². The van der Waals surface area contributed by atoms with Crippen molar-refractivity contribution in [1.29, 1.82) is 0 Å². The summed E-state index contributed by atoms with van der Waals surface area (Å²) in [5.41, 5.74) is 1.13. The lowest BCUT2D eigenvalue weighted by atomic mass is 9.85. The van der Waals surface area contributed by atoms with Gasteiger partial charge in [0.15, 0.2) is 0 Å². The Morgan fingerprint density at radius 3 is 2.65 bits per heavy atom. The van der Waals surface area contributed by atoms with E-state index in [0.29, 0.717) is 0 Å². The summed E-state index contributed by atoms with van der Waals surface area (Å²) in [5, 5.41) is 11.8. The first-order valence-corrected chi connectivity index (χ1v) is 6.28. The minimum absolute atomic E-state index is 0.719. The summed E-state index contributed by atoms with van der Waals surface area (Å²) in [6.45, 7) is 4.12. The lowest BCUT2D eigenvalue weighted by Gasteiger charge is -2.27. The number of para-hydroxylation sites is 1. The number of hydrogen-bond donors (Lipinski definition) is 1. The molecule has 1 aromatic heterocycles. The highest BCUT2D eigenvalue weighted by Crippen LogP contribution is 2.33. The van der Waals surface area contributed by atoms with Gasteiger partial charge in [-0.3, -0.25) is 4.98 Å². The zero-order chi connectivity index (χ0) is 12.3. The molecule has 0 bridgehead atoms. The Bertz CT molecular complexity index is 504. The van der Waals surface area contributed by atoms with E-state index in [1.807, 2.05) is 37.3 Å². The molecule has 0 saturated heterocycles. The molecule has 1 N–H and O–H groups in total. The molecule has 1 aromatic carbocycles. The average Bonchev–Trinajstić information content (AvgIpc) is 2.38. The molecular weight excluding hydrogens is 210 g/mol. The minimum atomic E-state index is -0.747. The number of nitrogens with zero attached hydrogens (tertiary/aromatic N) is 1. The summed E-state index contributed by atoms with van der Waals surface area (Å²) < 4.78 is 0. The third kappa shape index (κ3) is 2.18. The molecule has 1 unspecified atom stereocenters. The Kier molecular flexibility index (Phi) is 3.43. The SMILES string of the molecule is CCCC(O)(CC)c1cccc2cccnc12. The van der Waals surface area contributed by atoms with Crippen molar-refractivity contribution in [1.82, 2.24) is 4.98 Å². The summed E-state index contributed by atoms with van der Waals surface area (Å²) >= 11 is 0. The molecule has 0 aliphatic heterocycles. The lowest BCUT2D eigenvalue weighted by molar-refractivity contribution is 0.0239. The molecule has 0 aliphatic rings. The predicted molar refractivity (Wildman–Crippen MR) is 70.8 cm³/mol. The standard InChI is InChI=1S/C15H19NO/c1-3-10-15(17,4-2)13-9-5-7-12-8-6-11-16-14(12)13/h5-9,11,17H,3-4,10H2,1-2H3. The van der Waals surface area contributed by atoms with Gasteiger partial charge in [0.2, 0.25) is 0 Å². The van der Waals surface area contributed by atoms with Gasteiger partial charge in [0.25, 0.3) is 0 Å². The molecule has 0 spiro atoms. The van der Waals surface area contributed by atoms with Crippen molar-refractivity contribution in [2.24, 2.45) is 0 Å². The molecule has 2 rings (SSSR count). The topological polar surface area (TPSA) is 33.1 Å². The predicted octanol–water partition coefficient (Wildman–Crippen LogP) is 3.63. The lowest BCUT2D eigenvalue weighted by Crippen LogP contribution is -2.24. The smallest absolute Gasteiger partial charge is 0.0914 e. The molecule has 90 valence electrons. The van der Waals surface area contributed by atoms with E-state index in [4.69, 9.17) is 0 Å². The Labute approximate surface area is 102 Å². The Hall–Kier alpha value is -1.41. The van der Waals surface area contributed by atoms with E-state index < -0.39 is 5.60 Å². The van der Waals surface area contributed by atoms with Crippen molar-refractivity contribution >= 4 is 10.9 Å². The number of aromatic nitrogens is 1. The normalized spacial score (nSPS) is 14.8. The van der Waals surface area contributed by atoms with Gasteiger partial charge in [-0.1, -0.05) is 44.5 Å². The quantitative estimate of drug-likeness (QED) is 0.868. The molecule has 0 saturated carbocycles. The Morgan fingerprint density at radius 2 is 1.94 bits per heavy atom. The van der Waals surface area contributed by atoms with Crippen LogP contribution in [0, 0.1) is 0 Å². The number of benzene rings is 1. The van der Waals surface area contributed by atoms with Crippen molar-refractivity contribution < 1.29 is 5.11 Å². The van der Waals surface area contributed by atoms with E-state index >= 15 is 0 Å². The number of pyridine rings is 1. The summed E-state index contributed by atoms with van der Waals surface area (Å²) in [7, 11) is 0. The van der Waals surface area contributed by atoms with Gasteiger partial charge < -0.3 is 5.11 Å². The van der Waals surface area contributed by atoms with Gasteiger partial charge in [0.1, 0.15) is 0 Å². The summed E-state index contributed by atoms with van der Waals surface area (Å²) in [5.74, 6) is 0. The fourth-order valence-electron chi connectivity index (χ4n) is 2.40. The van der Waals surface area contributed by atoms with Crippen LogP contribution in [0.5, 0.6) is 0 Å². The van der Waals surface area contributed by atoms with Gasteiger partial charge in [0, 0.05) is 17.1 Å². The van der Waals surface area contributed by atoms with Crippen LogP contribution in [0.1, 0.15) is 38.7 Å². The molecule has 0 radical (unpaired) electrons. The number of aliphatic hydroxyl groups is 1. The fraction of sp³-hybridized carbons (Fsp3) is 0.400. The van der Waals surface area contributed by atoms with Crippen LogP contribution in [-0.2, 0) is 5.60 Å². The minimum Gasteiger partial charge on any atom is -0.385 e. The number of fused-ring (bicyclic) bond motifs is 1. The van der Waals surface area contributed by atoms with Gasteiger partial charge in [-0.2, -0.15) is 0 Å². The second-order valence-electron chi connectivity index (χ2n) is 4.52. The first-order chi connectivity index (χ1) is 8.21. The van der Waals surface area contributed by atoms with Crippen LogP contribution < -0.4 is 0 Å². The van der Waals surface area contributed by atoms with Crippen molar-refractivity contribution in [2.45, 2.75) is 38.7 Å². The van der Waals surface area contributed by atoms with Crippen LogP contribution in [0.3, 0.4) is 0 Å². The highest BCUT2D eigenvalue weighted by atomic mass is 16.3. The van der Waals surface area contributed by atoms with Gasteiger partial charge in [-0.25, -0.2) is 0 Å². The maximum absolute atomic E-state index is 10.7. The van der Waals surface area contributed by atoms with E-state index in [-0.39, 0.29) is 0 Å². The third-order valence-corrected chi connectivity index (χ3v) is 3.38. The van der Waals surface area contributed by atoms with Crippen molar-refractivity contribution in [3.8, 4) is 0 Å². The monoisotopic (exact) mass is 229 g/mol. The van der Waals surface area contributed by atoms with Crippen LogP contribution >= 0.6 is 0 Å². The molecule has 0 fully saturated rings. The largest absolute Gasteiger partial charge is 0.385 e. The van der Waals surface area contributed by atoms with E-state index in [2.05, 4.69) is 11.9 Å². The molecule has 17 heavy (non-hydrogen) atoms. The summed E-state index contributed by atoms with van der Waals surface area (Å²) in [6.07, 6.45) is 4.25. The van der Waals surface area contributed by atoms with Gasteiger partial charge in [-0.15, -0.1) is 0 Å². The molecule has 0 amide bonds. The zero-order valence-corrected chi connectivity index (χ0v) is 10.5. The molecule has 2 nitrogen and oxygen atoms in total. The third-order valence-electron chi connectivity index (χ3n) is 3.38. The van der Waals surface area contributed by atoms with Crippen LogP contribution in [-0.4, -0.2) is 10.1 Å². The highest BCUT2D eigenvalue weighted by molar-refractivity contribution is 5.82. The number of hydrogen-bond acceptors (Lipinski definition) is 2.